The van der Waals surface area contributed by atoms with Gasteiger partial charge in [0.05, 0.1) is 17.8 Å². The molecule has 0 fully saturated rings. The van der Waals surface area contributed by atoms with E-state index in [1.807, 2.05) is 30.3 Å². The third-order valence-electron chi connectivity index (χ3n) is 3.31. The number of carbonyl (C=O) groups excluding carboxylic acids is 1. The molecule has 6 heteroatoms. The zero-order chi connectivity index (χ0) is 16.2. The van der Waals surface area contributed by atoms with Crippen LogP contribution >= 0.6 is 12.0 Å². The lowest BCUT2D eigenvalue weighted by Crippen LogP contribution is -2.10. The molecule has 0 aromatic heterocycles. The van der Waals surface area contributed by atoms with E-state index in [4.69, 9.17) is 14.7 Å². The monoisotopic (exact) mass is 331 g/mol. The minimum absolute atomic E-state index is 0.000237. The minimum atomic E-state index is -0.886. The molecule has 3 rings (SSSR count). The van der Waals surface area contributed by atoms with E-state index < -0.39 is 6.10 Å². The van der Waals surface area contributed by atoms with Gasteiger partial charge in [-0.15, -0.1) is 0 Å². The Hall–Kier alpha value is -2.47. The molecule has 1 unspecified atom stereocenters. The smallest absolute Gasteiger partial charge is 0.249 e. The molecule has 0 bridgehead atoms. The first-order valence-corrected chi connectivity index (χ1v) is 7.85. The Morgan fingerprint density at radius 1 is 1.13 bits per heavy atom. The number of hydrogen-bond donors (Lipinski definition) is 1. The molecule has 4 nitrogen and oxygen atoms in total. The zero-order valence-electron chi connectivity index (χ0n) is 12.1. The van der Waals surface area contributed by atoms with Crippen molar-refractivity contribution in [3.63, 3.8) is 0 Å². The van der Waals surface area contributed by atoms with Gasteiger partial charge in [-0.05, 0) is 17.7 Å². The van der Waals surface area contributed by atoms with E-state index in [2.05, 4.69) is 0 Å². The molecule has 2 aromatic carbocycles. The number of ketones is 1. The van der Waals surface area contributed by atoms with Crippen LogP contribution in [-0.2, 0) is 19.5 Å². The van der Waals surface area contributed by atoms with Gasteiger partial charge in [0, 0.05) is 5.56 Å². The fourth-order valence-electron chi connectivity index (χ4n) is 2.14. The second-order valence-corrected chi connectivity index (χ2v) is 5.63. The Morgan fingerprint density at radius 2 is 1.83 bits per heavy atom. The van der Waals surface area contributed by atoms with Crippen LogP contribution in [0.2, 0.25) is 0 Å². The first kappa shape index (κ1) is 15.4. The third kappa shape index (κ3) is 3.48. The van der Waals surface area contributed by atoms with Crippen LogP contribution < -0.4 is 5.73 Å². The summed E-state index contributed by atoms with van der Waals surface area (Å²) in [4.78, 5) is 12.3. The molecule has 0 radical (unpaired) electrons. The summed E-state index contributed by atoms with van der Waals surface area (Å²) in [6.45, 7) is 0. The van der Waals surface area contributed by atoms with Crippen molar-refractivity contribution in [1.29, 1.82) is 0 Å². The molecule has 118 valence electrons. The van der Waals surface area contributed by atoms with Gasteiger partial charge in [-0.1, -0.05) is 42.5 Å². The second-order valence-electron chi connectivity index (χ2n) is 4.94. The number of hydrogen-bond acceptors (Lipinski definition) is 5. The van der Waals surface area contributed by atoms with Crippen molar-refractivity contribution >= 4 is 17.8 Å². The van der Waals surface area contributed by atoms with Crippen molar-refractivity contribution in [2.75, 3.05) is 0 Å². The number of benzene rings is 2. The summed E-state index contributed by atoms with van der Waals surface area (Å²) < 4.78 is 23.8. The van der Waals surface area contributed by atoms with Crippen LogP contribution in [0.5, 0.6) is 0 Å². The molecule has 0 saturated carbocycles. The molecule has 1 aliphatic rings. The number of carbonyl (C=O) groups is 1. The average molecular weight is 331 g/mol. The highest BCUT2D eigenvalue weighted by Gasteiger charge is 2.37. The maximum absolute atomic E-state index is 13.0. The van der Waals surface area contributed by atoms with Gasteiger partial charge in [-0.2, -0.15) is 0 Å². The standard InChI is InChI=1S/C17H14FNO3S/c18-13-8-6-12(7-9-13)15-14(20)16(17(19)21-15)22-23-10-11-4-2-1-3-5-11/h1-9,15H,10,19H2. The lowest BCUT2D eigenvalue weighted by atomic mass is 10.1. The summed E-state index contributed by atoms with van der Waals surface area (Å²) in [5.41, 5.74) is 7.33. The van der Waals surface area contributed by atoms with E-state index in [-0.39, 0.29) is 23.2 Å². The molecule has 0 spiro atoms. The highest BCUT2D eigenvalue weighted by Crippen LogP contribution is 2.33. The van der Waals surface area contributed by atoms with Crippen molar-refractivity contribution in [1.82, 2.24) is 0 Å². The van der Waals surface area contributed by atoms with Gasteiger partial charge in [-0.3, -0.25) is 4.79 Å². The van der Waals surface area contributed by atoms with Crippen molar-refractivity contribution in [3.05, 3.63) is 83.2 Å². The average Bonchev–Trinajstić information content (AvgIpc) is 2.85. The molecule has 23 heavy (non-hydrogen) atoms. The van der Waals surface area contributed by atoms with Crippen LogP contribution in [0, 0.1) is 5.82 Å². The number of rotatable bonds is 5. The minimum Gasteiger partial charge on any atom is -0.460 e. The Kier molecular flexibility index (Phi) is 4.52. The molecule has 2 N–H and O–H groups in total. The molecule has 0 aliphatic carbocycles. The van der Waals surface area contributed by atoms with Crippen LogP contribution in [0.25, 0.3) is 0 Å². The fourth-order valence-corrected chi connectivity index (χ4v) is 2.81. The first-order chi connectivity index (χ1) is 11.1. The Morgan fingerprint density at radius 3 is 2.52 bits per heavy atom. The van der Waals surface area contributed by atoms with E-state index in [1.54, 1.807) is 0 Å². The van der Waals surface area contributed by atoms with Gasteiger partial charge in [-0.25, -0.2) is 4.39 Å². The molecule has 1 atom stereocenters. The quantitative estimate of drug-likeness (QED) is 0.850. The van der Waals surface area contributed by atoms with E-state index in [0.717, 1.165) is 17.6 Å². The number of Topliss-reactive ketones (excluding diaryl/α,β-unsaturated/α-hetero) is 1. The summed E-state index contributed by atoms with van der Waals surface area (Å²) in [5.74, 6) is -0.221. The van der Waals surface area contributed by atoms with Crippen LogP contribution in [0.15, 0.2) is 66.2 Å². The van der Waals surface area contributed by atoms with Crippen LogP contribution in [0.1, 0.15) is 17.2 Å². The number of nitrogens with two attached hydrogens (primary N) is 1. The third-order valence-corrected chi connectivity index (χ3v) is 4.05. The molecule has 1 aliphatic heterocycles. The number of ether oxygens (including phenoxy) is 1. The molecule has 2 aromatic rings. The van der Waals surface area contributed by atoms with E-state index in [0.29, 0.717) is 11.3 Å². The summed E-state index contributed by atoms with van der Waals surface area (Å²) in [7, 11) is 0. The first-order valence-electron chi connectivity index (χ1n) is 6.94. The lowest BCUT2D eigenvalue weighted by molar-refractivity contribution is -0.122. The fraction of sp³-hybridized carbons (Fsp3) is 0.118. The van der Waals surface area contributed by atoms with Crippen molar-refractivity contribution in [2.24, 2.45) is 5.73 Å². The summed E-state index contributed by atoms with van der Waals surface area (Å²) in [6.07, 6.45) is -0.886. The van der Waals surface area contributed by atoms with Crippen LogP contribution in [0.3, 0.4) is 0 Å². The summed E-state index contributed by atoms with van der Waals surface area (Å²) in [5, 5.41) is 0. The van der Waals surface area contributed by atoms with E-state index in [9.17, 15) is 9.18 Å². The highest BCUT2D eigenvalue weighted by atomic mass is 32.2. The van der Waals surface area contributed by atoms with Gasteiger partial charge in [0.1, 0.15) is 5.82 Å². The zero-order valence-corrected chi connectivity index (χ0v) is 12.9. The topological polar surface area (TPSA) is 61.5 Å². The Labute approximate surface area is 137 Å². The molecular formula is C17H14FNO3S. The van der Waals surface area contributed by atoms with E-state index >= 15 is 0 Å². The largest absolute Gasteiger partial charge is 0.460 e. The molecule has 0 amide bonds. The molecular weight excluding hydrogens is 317 g/mol. The Bertz CT molecular complexity index is 731. The Balaban J connectivity index is 1.63. The van der Waals surface area contributed by atoms with Crippen molar-refractivity contribution in [2.45, 2.75) is 11.9 Å². The van der Waals surface area contributed by atoms with Crippen LogP contribution in [-0.4, -0.2) is 5.78 Å². The van der Waals surface area contributed by atoms with Gasteiger partial charge >= 0.3 is 0 Å². The van der Waals surface area contributed by atoms with Crippen molar-refractivity contribution < 1.29 is 18.1 Å². The second kappa shape index (κ2) is 6.75. The lowest BCUT2D eigenvalue weighted by Gasteiger charge is -2.09. The van der Waals surface area contributed by atoms with Crippen molar-refractivity contribution in [3.8, 4) is 0 Å². The maximum atomic E-state index is 13.0. The van der Waals surface area contributed by atoms with E-state index in [1.165, 1.54) is 24.3 Å². The van der Waals surface area contributed by atoms with Gasteiger partial charge in [0.25, 0.3) is 0 Å². The van der Waals surface area contributed by atoms with Gasteiger partial charge in [0.2, 0.25) is 17.4 Å². The van der Waals surface area contributed by atoms with Gasteiger partial charge in [0.15, 0.2) is 6.10 Å². The predicted molar refractivity (Wildman–Crippen MR) is 85.3 cm³/mol. The normalized spacial score (nSPS) is 17.3. The summed E-state index contributed by atoms with van der Waals surface area (Å²) in [6, 6.07) is 15.2. The molecule has 0 saturated heterocycles. The number of halogens is 1. The SMILES string of the molecule is NC1=C(OSCc2ccccc2)C(=O)C(c2ccc(F)cc2)O1. The predicted octanol–water partition coefficient (Wildman–Crippen LogP) is 3.46. The van der Waals surface area contributed by atoms with Gasteiger partial charge < -0.3 is 14.7 Å². The highest BCUT2D eigenvalue weighted by molar-refractivity contribution is 7.94. The maximum Gasteiger partial charge on any atom is 0.249 e. The molecule has 1 heterocycles. The summed E-state index contributed by atoms with van der Waals surface area (Å²) >= 11 is 1.11. The van der Waals surface area contributed by atoms with Crippen LogP contribution in [0.4, 0.5) is 4.39 Å².